The molecule has 22 heteroatoms. The number of nitrogens with zero attached hydrogens (tertiary/aromatic N) is 1. The first-order chi connectivity index (χ1) is 37.5. The molecule has 0 aromatic carbocycles. The number of amides is 3. The number of carbonyl (C=O) groups is 6. The molecule has 15 rings (SSSR count). The average molecular weight is 1120 g/mol. The summed E-state index contributed by atoms with van der Waals surface area (Å²) in [6, 6.07) is 0. The van der Waals surface area contributed by atoms with E-state index in [0.29, 0.717) is 41.9 Å². The molecule has 12 saturated heterocycles. The van der Waals surface area contributed by atoms with Crippen molar-refractivity contribution in [1.82, 2.24) is 4.90 Å². The van der Waals surface area contributed by atoms with Crippen LogP contribution in [0.5, 0.6) is 0 Å². The van der Waals surface area contributed by atoms with Gasteiger partial charge in [-0.25, -0.2) is 34.2 Å². The molecule has 22 nitrogen and oxygen atoms in total. The van der Waals surface area contributed by atoms with Gasteiger partial charge in [-0.2, -0.15) is 0 Å². The summed E-state index contributed by atoms with van der Waals surface area (Å²) in [7, 11) is 0. The molecule has 0 aromatic heterocycles. The molecule has 0 radical (unpaired) electrons. The van der Waals surface area contributed by atoms with Gasteiger partial charge in [-0.15, -0.1) is 0 Å². The summed E-state index contributed by atoms with van der Waals surface area (Å²) < 4.78 is 56.3. The molecular weight excluding hydrogens is 1030 g/mol. The van der Waals surface area contributed by atoms with Gasteiger partial charge in [0, 0.05) is 74.0 Å². The Labute approximate surface area is 460 Å². The molecule has 440 valence electrons. The Morgan fingerprint density at radius 2 is 0.658 bits per heavy atom. The molecule has 3 saturated carbocycles. The molecule has 12 aliphatic heterocycles. The van der Waals surface area contributed by atoms with Crippen molar-refractivity contribution in [1.29, 1.82) is 0 Å². The number of carbonyl (C=O) groups excluding carboxylic acids is 6. The highest BCUT2D eigenvalue weighted by molar-refractivity contribution is 6.11. The van der Waals surface area contributed by atoms with Crippen LogP contribution in [0.4, 0.5) is 0 Å². The zero-order valence-corrected chi connectivity index (χ0v) is 47.1. The van der Waals surface area contributed by atoms with Crippen LogP contribution in [0.15, 0.2) is 0 Å². The normalized spacial score (nSPS) is 49.8. The summed E-state index contributed by atoms with van der Waals surface area (Å²) in [5, 5.41) is 0. The first kappa shape index (κ1) is 56.2. The van der Waals surface area contributed by atoms with Crippen LogP contribution in [0.2, 0.25) is 0 Å². The quantitative estimate of drug-likeness (QED) is 0.105. The van der Waals surface area contributed by atoms with Crippen LogP contribution in [0.1, 0.15) is 178 Å². The number of fused-ring (bicyclic) bond motifs is 6. The monoisotopic (exact) mass is 1120 g/mol. The van der Waals surface area contributed by atoms with Crippen molar-refractivity contribution in [3.8, 4) is 0 Å². The third-order valence-electron chi connectivity index (χ3n) is 21.4. The van der Waals surface area contributed by atoms with Gasteiger partial charge in [-0.1, -0.05) is 41.5 Å². The lowest BCUT2D eigenvalue weighted by molar-refractivity contribution is -0.576. The number of hydrogen-bond acceptors (Lipinski definition) is 21. The second-order valence-corrected chi connectivity index (χ2v) is 26.3. The maximum Gasteiger partial charge on any atom is 0.308 e. The van der Waals surface area contributed by atoms with Gasteiger partial charge in [0.15, 0.2) is 35.7 Å². The summed E-state index contributed by atoms with van der Waals surface area (Å²) in [6.45, 7) is 17.7. The molecule has 3 amide bonds. The highest BCUT2D eigenvalue weighted by Crippen LogP contribution is 2.64. The van der Waals surface area contributed by atoms with Gasteiger partial charge in [0.25, 0.3) is 0 Å². The smallest absolute Gasteiger partial charge is 0.308 e. The fourth-order valence-corrected chi connectivity index (χ4v) is 17.0. The lowest BCUT2D eigenvalue weighted by Gasteiger charge is -2.59. The van der Waals surface area contributed by atoms with E-state index in [1.54, 1.807) is 20.8 Å². The van der Waals surface area contributed by atoms with E-state index in [2.05, 4.69) is 20.8 Å². The number of hydrogen-bond donors (Lipinski definition) is 0. The van der Waals surface area contributed by atoms with Crippen LogP contribution in [-0.2, 0) is 101 Å². The molecule has 15 aliphatic rings. The van der Waals surface area contributed by atoms with Gasteiger partial charge in [-0.3, -0.25) is 28.8 Å². The van der Waals surface area contributed by atoms with Crippen molar-refractivity contribution in [3.63, 3.8) is 0 Å². The number of imide groups is 3. The summed E-state index contributed by atoms with van der Waals surface area (Å²) in [4.78, 5) is 121. The molecule has 1 unspecified atom stereocenters. The largest absolute Gasteiger partial charge is 0.435 e. The minimum atomic E-state index is -1.06. The molecule has 79 heavy (non-hydrogen) atoms. The van der Waals surface area contributed by atoms with Crippen LogP contribution < -0.4 is 0 Å². The third-order valence-corrected chi connectivity index (χ3v) is 21.4. The number of ether oxygens (including phenoxy) is 9. The van der Waals surface area contributed by atoms with Crippen molar-refractivity contribution in [2.75, 3.05) is 0 Å². The predicted molar refractivity (Wildman–Crippen MR) is 263 cm³/mol. The molecule has 6 bridgehead atoms. The lowest BCUT2D eigenvalue weighted by Crippen LogP contribution is -2.70. The van der Waals surface area contributed by atoms with Crippen molar-refractivity contribution in [3.05, 3.63) is 0 Å². The van der Waals surface area contributed by atoms with Crippen LogP contribution in [0, 0.1) is 71.0 Å². The predicted octanol–water partition coefficient (Wildman–Crippen LogP) is 7.46. The van der Waals surface area contributed by atoms with Gasteiger partial charge in [0.2, 0.25) is 54.0 Å². The maximum absolute atomic E-state index is 14.2. The average Bonchev–Trinajstić information content (AvgIpc) is 2.74. The molecule has 3 aliphatic carbocycles. The van der Waals surface area contributed by atoms with E-state index >= 15 is 0 Å². The molecule has 15 fully saturated rings. The van der Waals surface area contributed by atoms with Gasteiger partial charge in [0.1, 0.15) is 0 Å². The topological polar surface area (TPSA) is 244 Å². The van der Waals surface area contributed by atoms with Gasteiger partial charge >= 0.3 is 17.9 Å². The minimum absolute atomic E-state index is 0.0863. The van der Waals surface area contributed by atoms with Gasteiger partial charge < -0.3 is 42.6 Å². The number of rotatable bonds is 12. The standard InChI is InChI=1S/C57H81NO21/c1-28-10-13-37-31(4)46(68-49-55(37)34(28)22-25-52(7,71-49)74-77-55)65-43(62)19-16-40(59)58(41(60)17-20-44(63)66-47-32(5)38-14-11-29(2)35-23-26-53(8)72-50(69-47)56(35,38)78-75-53)42(61)18-21-45(64)67-48-33(6)39-15-12-30(3)36-24-27-54(9)73-51(70-48)57(36,39)79-76-54/h28-39,46-51H,10-27H2,1-9H3/t28-,29-,30-,31-,32-,33-,34+,35+,36+,37+,38+,39+,46-,47-,48?,49-,50-,51-,52+,53+,54+,55-,56-,57-/m1/s1. The fraction of sp³-hybridized carbons (Fsp3) is 0.895. The van der Waals surface area contributed by atoms with Crippen LogP contribution in [0.25, 0.3) is 0 Å². The Balaban J connectivity index is 0.708. The van der Waals surface area contributed by atoms with E-state index < -0.39 is 146 Å². The van der Waals surface area contributed by atoms with Crippen LogP contribution >= 0.6 is 0 Å². The first-order valence-corrected chi connectivity index (χ1v) is 29.6. The van der Waals surface area contributed by atoms with Crippen LogP contribution in [0.3, 0.4) is 0 Å². The molecular formula is C57H81NO21. The molecule has 24 atom stereocenters. The SMILES string of the molecule is C[C@H]1[C@H](OC(=O)CCC(=O)N(C(=O)CCC(=O)OC2O[C@@H]3O[C@]4(C)CC[C@H]5[C@H](C)CC[C@@H]([C@H]2C)[C@@]35OO4)C(=O)CCC(=O)O[C@@H]2O[C@@H]3O[C@]4(C)CC[C@H]5[C@H](C)CC[C@@H]([C@H]2C)[C@@]35OO4)O[C@@H]2O[C@]3(C)CC[C@H]4[C@H](C)CC[C@@H]1[C@@]24OO3. The first-order valence-electron chi connectivity index (χ1n) is 29.6. The van der Waals surface area contributed by atoms with Crippen molar-refractivity contribution < 1.29 is 101 Å². The van der Waals surface area contributed by atoms with E-state index in [4.69, 9.17) is 72.0 Å². The zero-order valence-electron chi connectivity index (χ0n) is 47.1. The highest BCUT2D eigenvalue weighted by atomic mass is 17.3. The molecule has 3 spiro atoms. The number of esters is 3. The fourth-order valence-electron chi connectivity index (χ4n) is 17.0. The Morgan fingerprint density at radius 3 is 0.937 bits per heavy atom. The minimum Gasteiger partial charge on any atom is -0.435 e. The van der Waals surface area contributed by atoms with Crippen molar-refractivity contribution in [2.45, 2.75) is 250 Å². The summed E-state index contributed by atoms with van der Waals surface area (Å²) >= 11 is 0. The van der Waals surface area contributed by atoms with E-state index in [-0.39, 0.29) is 53.3 Å². The Bertz CT molecular complexity index is 2170. The Morgan fingerprint density at radius 1 is 0.380 bits per heavy atom. The molecule has 12 heterocycles. The van der Waals surface area contributed by atoms with E-state index in [1.165, 1.54) is 0 Å². The second-order valence-electron chi connectivity index (χ2n) is 26.3. The van der Waals surface area contributed by atoms with E-state index in [1.807, 2.05) is 20.8 Å². The Hall–Kier alpha value is -3.26. The summed E-state index contributed by atoms with van der Waals surface area (Å²) in [5.74, 6) is -8.94. The second kappa shape index (κ2) is 20.5. The molecule has 0 N–H and O–H groups in total. The van der Waals surface area contributed by atoms with Crippen molar-refractivity contribution in [2.24, 2.45) is 71.0 Å². The van der Waals surface area contributed by atoms with Gasteiger partial charge in [0.05, 0.1) is 19.3 Å². The van der Waals surface area contributed by atoms with E-state index in [0.717, 1.165) is 57.8 Å². The Kier molecular flexibility index (Phi) is 14.6. The summed E-state index contributed by atoms with van der Waals surface area (Å²) in [5.41, 5.74) is -2.68. The summed E-state index contributed by atoms with van der Waals surface area (Å²) in [6.07, 6.45) is 0.00844. The molecule has 0 aromatic rings. The zero-order chi connectivity index (χ0) is 55.8. The third kappa shape index (κ3) is 9.25. The lowest BCUT2D eigenvalue weighted by atomic mass is 9.58. The van der Waals surface area contributed by atoms with Gasteiger partial charge in [-0.05, 0) is 114 Å². The van der Waals surface area contributed by atoms with Crippen LogP contribution in [-0.4, -0.2) is 112 Å². The highest BCUT2D eigenvalue weighted by Gasteiger charge is 2.73. The maximum atomic E-state index is 14.2. The van der Waals surface area contributed by atoms with E-state index in [9.17, 15) is 28.8 Å². The van der Waals surface area contributed by atoms with Crippen molar-refractivity contribution >= 4 is 35.6 Å².